The molecule has 1 saturated heterocycles. The van der Waals surface area contributed by atoms with Crippen LogP contribution in [-0.4, -0.2) is 52.6 Å². The van der Waals surface area contributed by atoms with Crippen molar-refractivity contribution in [1.29, 1.82) is 0 Å². The van der Waals surface area contributed by atoms with Crippen molar-refractivity contribution in [2.45, 2.75) is 23.8 Å². The Morgan fingerprint density at radius 3 is 2.14 bits per heavy atom. The fourth-order valence-electron chi connectivity index (χ4n) is 3.26. The van der Waals surface area contributed by atoms with Gasteiger partial charge in [0, 0.05) is 24.7 Å². The maximum absolute atomic E-state index is 12.9. The maximum atomic E-state index is 12.9. The Morgan fingerprint density at radius 2 is 1.62 bits per heavy atom. The van der Waals surface area contributed by atoms with Gasteiger partial charge in [-0.2, -0.15) is 0 Å². The number of piperidine rings is 1. The molecule has 1 heterocycles. The van der Waals surface area contributed by atoms with Crippen LogP contribution < -0.4 is 14.2 Å². The molecule has 0 unspecified atom stereocenters. The molecular weight excluding hydrogens is 460 g/mol. The van der Waals surface area contributed by atoms with Crippen molar-refractivity contribution < 1.29 is 22.7 Å². The summed E-state index contributed by atoms with van der Waals surface area (Å²) in [6.07, 6.45) is 1.09. The van der Waals surface area contributed by atoms with Crippen molar-refractivity contribution in [2.75, 3.05) is 27.3 Å². The normalized spacial score (nSPS) is 15.2. The molecule has 29 heavy (non-hydrogen) atoms. The lowest BCUT2D eigenvalue weighted by atomic mass is 10.0. The molecule has 7 nitrogen and oxygen atoms in total. The minimum absolute atomic E-state index is 0.140. The van der Waals surface area contributed by atoms with Gasteiger partial charge in [0.1, 0.15) is 16.0 Å². The van der Waals surface area contributed by atoms with Gasteiger partial charge in [-0.05, 0) is 53.0 Å². The van der Waals surface area contributed by atoms with Crippen LogP contribution in [0.25, 0.3) is 0 Å². The molecule has 1 fully saturated rings. The van der Waals surface area contributed by atoms with Gasteiger partial charge >= 0.3 is 0 Å². The van der Waals surface area contributed by atoms with Crippen LogP contribution in [0.1, 0.15) is 23.2 Å². The number of nitrogens with one attached hydrogen (secondary N) is 1. The zero-order valence-corrected chi connectivity index (χ0v) is 18.6. The van der Waals surface area contributed by atoms with Gasteiger partial charge in [-0.1, -0.05) is 18.2 Å². The molecule has 2 aromatic carbocycles. The summed E-state index contributed by atoms with van der Waals surface area (Å²) in [6.45, 7) is 0.920. The number of carbonyl (C=O) groups is 1. The highest BCUT2D eigenvalue weighted by molar-refractivity contribution is 9.10. The molecule has 0 saturated carbocycles. The SMILES string of the molecule is COc1cc(C(=O)N2CCC(NS(=O)(=O)c3ccccc3)CC2)cc(OC)c1Br. The van der Waals surface area contributed by atoms with E-state index in [0.717, 1.165) is 0 Å². The van der Waals surface area contributed by atoms with Crippen molar-refractivity contribution in [3.05, 3.63) is 52.5 Å². The summed E-state index contributed by atoms with van der Waals surface area (Å²) < 4.78 is 39.0. The van der Waals surface area contributed by atoms with Gasteiger partial charge in [0.15, 0.2) is 0 Å². The zero-order valence-electron chi connectivity index (χ0n) is 16.2. The highest BCUT2D eigenvalue weighted by Crippen LogP contribution is 2.36. The topological polar surface area (TPSA) is 84.9 Å². The Hall–Kier alpha value is -2.10. The monoisotopic (exact) mass is 482 g/mol. The molecule has 0 atom stereocenters. The first kappa shape index (κ1) is 21.6. The number of sulfonamides is 1. The second-order valence-corrected chi connectivity index (χ2v) is 9.20. The highest BCUT2D eigenvalue weighted by atomic mass is 79.9. The van der Waals surface area contributed by atoms with Crippen LogP contribution in [0.4, 0.5) is 0 Å². The van der Waals surface area contributed by atoms with E-state index in [1.165, 1.54) is 14.2 Å². The molecular formula is C20H23BrN2O5S. The molecule has 1 aliphatic heterocycles. The van der Waals surface area contributed by atoms with E-state index in [9.17, 15) is 13.2 Å². The number of ether oxygens (including phenoxy) is 2. The van der Waals surface area contributed by atoms with Crippen LogP contribution in [0.3, 0.4) is 0 Å². The van der Waals surface area contributed by atoms with Crippen LogP contribution in [0.15, 0.2) is 51.8 Å². The molecule has 1 amide bonds. The smallest absolute Gasteiger partial charge is 0.254 e. The van der Waals surface area contributed by atoms with Gasteiger partial charge in [-0.25, -0.2) is 13.1 Å². The Bertz CT molecular complexity index is 949. The summed E-state index contributed by atoms with van der Waals surface area (Å²) in [4.78, 5) is 14.9. The first-order valence-electron chi connectivity index (χ1n) is 9.14. The second-order valence-electron chi connectivity index (χ2n) is 6.70. The number of likely N-dealkylation sites (tertiary alicyclic amines) is 1. The zero-order chi connectivity index (χ0) is 21.0. The molecule has 0 spiro atoms. The van der Waals surface area contributed by atoms with Crippen molar-refractivity contribution in [3.63, 3.8) is 0 Å². The van der Waals surface area contributed by atoms with E-state index < -0.39 is 10.0 Å². The quantitative estimate of drug-likeness (QED) is 0.683. The van der Waals surface area contributed by atoms with Crippen LogP contribution in [-0.2, 0) is 10.0 Å². The van der Waals surface area contributed by atoms with Crippen LogP contribution >= 0.6 is 15.9 Å². The average Bonchev–Trinajstić information content (AvgIpc) is 2.74. The Kier molecular flexibility index (Phi) is 6.81. The van der Waals surface area contributed by atoms with E-state index in [-0.39, 0.29) is 16.8 Å². The van der Waals surface area contributed by atoms with E-state index in [2.05, 4.69) is 20.7 Å². The predicted octanol–water partition coefficient (Wildman–Crippen LogP) is 3.05. The van der Waals surface area contributed by atoms with Gasteiger partial charge in [-0.15, -0.1) is 0 Å². The molecule has 156 valence electrons. The summed E-state index contributed by atoms with van der Waals surface area (Å²) >= 11 is 3.40. The van der Waals surface area contributed by atoms with Gasteiger partial charge in [0.05, 0.1) is 19.1 Å². The summed E-state index contributed by atoms with van der Waals surface area (Å²) in [5, 5.41) is 0. The Labute approximate surface area is 179 Å². The number of hydrogen-bond donors (Lipinski definition) is 1. The molecule has 9 heteroatoms. The molecule has 0 bridgehead atoms. The number of nitrogens with zero attached hydrogens (tertiary/aromatic N) is 1. The molecule has 0 aromatic heterocycles. The minimum atomic E-state index is -3.56. The average molecular weight is 483 g/mol. The molecule has 1 N–H and O–H groups in total. The fourth-order valence-corrected chi connectivity index (χ4v) is 5.14. The summed E-state index contributed by atoms with van der Waals surface area (Å²) in [5.41, 5.74) is 0.463. The Morgan fingerprint density at radius 1 is 1.07 bits per heavy atom. The third kappa shape index (κ3) is 4.91. The molecule has 3 rings (SSSR count). The van der Waals surface area contributed by atoms with Crippen molar-refractivity contribution in [2.24, 2.45) is 0 Å². The molecule has 2 aromatic rings. The van der Waals surface area contributed by atoms with Gasteiger partial charge < -0.3 is 14.4 Å². The third-order valence-corrected chi connectivity index (χ3v) is 7.17. The molecule has 0 radical (unpaired) electrons. The fraction of sp³-hybridized carbons (Fsp3) is 0.350. The lowest BCUT2D eigenvalue weighted by molar-refractivity contribution is 0.0710. The lowest BCUT2D eigenvalue weighted by Gasteiger charge is -2.32. The summed E-state index contributed by atoms with van der Waals surface area (Å²) in [5.74, 6) is 0.884. The standard InChI is InChI=1S/C20H23BrN2O5S/c1-27-17-12-14(13-18(28-2)19(17)21)20(24)23-10-8-15(9-11-23)22-29(25,26)16-6-4-3-5-7-16/h3-7,12-13,15,22H,8-11H2,1-2H3. The van der Waals surface area contributed by atoms with Gasteiger partial charge in [0.25, 0.3) is 5.91 Å². The number of halogens is 1. The van der Waals surface area contributed by atoms with Crippen molar-refractivity contribution in [1.82, 2.24) is 9.62 Å². The number of benzene rings is 2. The molecule has 0 aliphatic carbocycles. The van der Waals surface area contributed by atoms with Crippen molar-refractivity contribution in [3.8, 4) is 11.5 Å². The highest BCUT2D eigenvalue weighted by Gasteiger charge is 2.28. The van der Waals surface area contributed by atoms with Crippen LogP contribution in [0, 0.1) is 0 Å². The van der Waals surface area contributed by atoms with Gasteiger partial charge in [-0.3, -0.25) is 4.79 Å². The second kappa shape index (κ2) is 9.15. The number of methoxy groups -OCH3 is 2. The molecule has 1 aliphatic rings. The third-order valence-electron chi connectivity index (χ3n) is 4.85. The van der Waals surface area contributed by atoms with Crippen LogP contribution in [0.5, 0.6) is 11.5 Å². The summed E-state index contributed by atoms with van der Waals surface area (Å²) in [6, 6.07) is 11.4. The first-order chi connectivity index (χ1) is 13.9. The largest absolute Gasteiger partial charge is 0.495 e. The van der Waals surface area contributed by atoms with E-state index in [1.807, 2.05) is 0 Å². The van der Waals surface area contributed by atoms with Crippen molar-refractivity contribution >= 4 is 31.9 Å². The van der Waals surface area contributed by atoms with E-state index in [4.69, 9.17) is 9.47 Å². The predicted molar refractivity (Wildman–Crippen MR) is 113 cm³/mol. The van der Waals surface area contributed by atoms with Gasteiger partial charge in [0.2, 0.25) is 10.0 Å². The number of amides is 1. The number of rotatable bonds is 6. The van der Waals surface area contributed by atoms with Crippen LogP contribution in [0.2, 0.25) is 0 Å². The first-order valence-corrected chi connectivity index (χ1v) is 11.4. The Balaban J connectivity index is 1.66. The van der Waals surface area contributed by atoms with E-state index in [1.54, 1.807) is 47.4 Å². The van der Waals surface area contributed by atoms with E-state index >= 15 is 0 Å². The number of carbonyl (C=O) groups excluding carboxylic acids is 1. The maximum Gasteiger partial charge on any atom is 0.254 e. The van der Waals surface area contributed by atoms with E-state index in [0.29, 0.717) is 47.5 Å². The minimum Gasteiger partial charge on any atom is -0.495 e. The summed E-state index contributed by atoms with van der Waals surface area (Å²) in [7, 11) is -0.512. The number of hydrogen-bond acceptors (Lipinski definition) is 5. The lowest BCUT2D eigenvalue weighted by Crippen LogP contribution is -2.46.